The molecule has 1 atom stereocenters. The number of likely N-dealkylation sites (N-methyl/N-ethyl adjacent to an activating group) is 1. The lowest BCUT2D eigenvalue weighted by Gasteiger charge is -2.23. The maximum absolute atomic E-state index is 12.7. The number of aryl methyl sites for hydroxylation is 1. The summed E-state index contributed by atoms with van der Waals surface area (Å²) in [7, 11) is 3.94. The van der Waals surface area contributed by atoms with Crippen molar-refractivity contribution >= 4 is 29.1 Å². The Bertz CT molecular complexity index is 899. The third kappa shape index (κ3) is 3.77. The second-order valence-corrected chi connectivity index (χ2v) is 7.34. The lowest BCUT2D eigenvalue weighted by Crippen LogP contribution is -3.06. The van der Waals surface area contributed by atoms with Gasteiger partial charge in [-0.15, -0.1) is 0 Å². The summed E-state index contributed by atoms with van der Waals surface area (Å²) in [5.41, 5.74) is 0.453. The SMILES string of the molecule is Cc1ccc([C@@H]2C(=C(O)c3ccc(Cl)cc3)C(=O)C(=O)N2CC[NH+](C)C)o1. The second kappa shape index (κ2) is 7.58. The molecule has 2 aromatic rings. The Labute approximate surface area is 162 Å². The van der Waals surface area contributed by atoms with Crippen molar-refractivity contribution in [2.75, 3.05) is 27.2 Å². The minimum Gasteiger partial charge on any atom is -0.507 e. The van der Waals surface area contributed by atoms with Gasteiger partial charge in [-0.3, -0.25) is 9.59 Å². The summed E-state index contributed by atoms with van der Waals surface area (Å²) in [4.78, 5) is 28.0. The van der Waals surface area contributed by atoms with E-state index in [1.807, 2.05) is 14.1 Å². The largest absolute Gasteiger partial charge is 0.507 e. The van der Waals surface area contributed by atoms with E-state index in [0.717, 1.165) is 4.90 Å². The third-order valence-corrected chi connectivity index (χ3v) is 4.79. The van der Waals surface area contributed by atoms with Crippen LogP contribution in [0, 0.1) is 6.92 Å². The molecular weight excluding hydrogens is 368 g/mol. The molecule has 142 valence electrons. The zero-order valence-corrected chi connectivity index (χ0v) is 16.2. The van der Waals surface area contributed by atoms with E-state index in [-0.39, 0.29) is 11.3 Å². The molecule has 0 bridgehead atoms. The van der Waals surface area contributed by atoms with Gasteiger partial charge in [0.15, 0.2) is 0 Å². The molecule has 1 aromatic carbocycles. The number of hydrogen-bond acceptors (Lipinski definition) is 4. The zero-order valence-electron chi connectivity index (χ0n) is 15.5. The fraction of sp³-hybridized carbons (Fsp3) is 0.300. The number of amides is 1. The number of furan rings is 1. The highest BCUT2D eigenvalue weighted by Crippen LogP contribution is 2.39. The first-order valence-corrected chi connectivity index (χ1v) is 9.07. The number of ketones is 1. The molecular formula is C20H22ClN2O4+. The summed E-state index contributed by atoms with van der Waals surface area (Å²) in [6.45, 7) is 2.82. The number of likely N-dealkylation sites (tertiary alicyclic amines) is 1. The van der Waals surface area contributed by atoms with Crippen LogP contribution in [0.15, 0.2) is 46.4 Å². The van der Waals surface area contributed by atoms with Gasteiger partial charge in [-0.1, -0.05) is 11.6 Å². The van der Waals surface area contributed by atoms with E-state index in [1.54, 1.807) is 43.3 Å². The van der Waals surface area contributed by atoms with Gasteiger partial charge < -0.3 is 19.3 Å². The molecule has 27 heavy (non-hydrogen) atoms. The summed E-state index contributed by atoms with van der Waals surface area (Å²) < 4.78 is 5.72. The van der Waals surface area contributed by atoms with Gasteiger partial charge in [0, 0.05) is 10.6 Å². The molecule has 1 aliphatic rings. The van der Waals surface area contributed by atoms with E-state index < -0.39 is 17.7 Å². The highest BCUT2D eigenvalue weighted by atomic mass is 35.5. The fourth-order valence-corrected chi connectivity index (χ4v) is 3.24. The van der Waals surface area contributed by atoms with Gasteiger partial charge in [-0.25, -0.2) is 0 Å². The molecule has 0 radical (unpaired) electrons. The Balaban J connectivity index is 2.11. The number of Topliss-reactive ketones (excluding diaryl/α,β-unsaturated/α-hetero) is 1. The predicted octanol–water partition coefficient (Wildman–Crippen LogP) is 1.81. The van der Waals surface area contributed by atoms with Crippen LogP contribution in [0.3, 0.4) is 0 Å². The number of nitrogens with one attached hydrogen (secondary N) is 1. The van der Waals surface area contributed by atoms with E-state index in [0.29, 0.717) is 35.2 Å². The number of halogens is 1. The summed E-state index contributed by atoms with van der Waals surface area (Å²) >= 11 is 5.90. The van der Waals surface area contributed by atoms with Gasteiger partial charge in [-0.05, 0) is 43.3 Å². The Morgan fingerprint density at radius 2 is 1.85 bits per heavy atom. The standard InChI is InChI=1S/C20H21ClN2O4/c1-12-4-9-15(27-12)17-16(18(24)13-5-7-14(21)8-6-13)19(25)20(26)23(17)11-10-22(2)3/h4-9,17,24H,10-11H2,1-3H3/p+1/t17-/m1/s1. The molecule has 1 amide bonds. The van der Waals surface area contributed by atoms with Crippen LogP contribution in [0.2, 0.25) is 5.02 Å². The molecule has 1 aliphatic heterocycles. The Hall–Kier alpha value is -2.57. The minimum atomic E-state index is -0.756. The van der Waals surface area contributed by atoms with E-state index in [4.69, 9.17) is 16.0 Å². The monoisotopic (exact) mass is 389 g/mol. The van der Waals surface area contributed by atoms with Crippen molar-refractivity contribution in [1.29, 1.82) is 0 Å². The summed E-state index contributed by atoms with van der Waals surface area (Å²) in [6.07, 6.45) is 0. The number of aliphatic hydroxyl groups excluding tert-OH is 1. The van der Waals surface area contributed by atoms with Crippen LogP contribution in [-0.4, -0.2) is 48.9 Å². The van der Waals surface area contributed by atoms with Crippen molar-refractivity contribution in [2.45, 2.75) is 13.0 Å². The predicted molar refractivity (Wildman–Crippen MR) is 102 cm³/mol. The first-order chi connectivity index (χ1) is 12.8. The van der Waals surface area contributed by atoms with Crippen molar-refractivity contribution in [3.8, 4) is 0 Å². The van der Waals surface area contributed by atoms with E-state index in [9.17, 15) is 14.7 Å². The quantitative estimate of drug-likeness (QED) is 0.464. The van der Waals surface area contributed by atoms with Crippen molar-refractivity contribution in [3.05, 3.63) is 64.1 Å². The number of benzene rings is 1. The van der Waals surface area contributed by atoms with Crippen LogP contribution >= 0.6 is 11.6 Å². The molecule has 0 spiro atoms. The molecule has 6 nitrogen and oxygen atoms in total. The second-order valence-electron chi connectivity index (χ2n) is 6.90. The normalized spacial score (nSPS) is 19.3. The number of hydrogen-bond donors (Lipinski definition) is 2. The highest BCUT2D eigenvalue weighted by Gasteiger charge is 2.47. The van der Waals surface area contributed by atoms with Crippen LogP contribution in [0.4, 0.5) is 0 Å². The molecule has 1 aromatic heterocycles. The lowest BCUT2D eigenvalue weighted by atomic mass is 9.99. The van der Waals surface area contributed by atoms with Gasteiger partial charge in [0.2, 0.25) is 0 Å². The smallest absolute Gasteiger partial charge is 0.295 e. The molecule has 3 rings (SSSR count). The summed E-state index contributed by atoms with van der Waals surface area (Å²) in [5.74, 6) is -0.457. The number of aliphatic hydroxyl groups is 1. The van der Waals surface area contributed by atoms with Gasteiger partial charge in [0.25, 0.3) is 11.7 Å². The molecule has 0 unspecified atom stereocenters. The van der Waals surface area contributed by atoms with E-state index in [1.165, 1.54) is 4.90 Å². The molecule has 0 aliphatic carbocycles. The summed E-state index contributed by atoms with van der Waals surface area (Å²) in [5, 5.41) is 11.3. The lowest BCUT2D eigenvalue weighted by molar-refractivity contribution is -0.857. The fourth-order valence-electron chi connectivity index (χ4n) is 3.11. The summed E-state index contributed by atoms with van der Waals surface area (Å²) in [6, 6.07) is 9.21. The van der Waals surface area contributed by atoms with Gasteiger partial charge in [-0.2, -0.15) is 0 Å². The van der Waals surface area contributed by atoms with Gasteiger partial charge >= 0.3 is 0 Å². The number of nitrogens with zero attached hydrogens (tertiary/aromatic N) is 1. The van der Waals surface area contributed by atoms with Crippen molar-refractivity contribution in [3.63, 3.8) is 0 Å². The third-order valence-electron chi connectivity index (χ3n) is 4.54. The number of quaternary nitrogens is 1. The minimum absolute atomic E-state index is 0.0328. The first-order valence-electron chi connectivity index (χ1n) is 8.69. The maximum atomic E-state index is 12.7. The average Bonchev–Trinajstić information content (AvgIpc) is 3.15. The first kappa shape index (κ1) is 19.2. The van der Waals surface area contributed by atoms with Crippen LogP contribution in [0.25, 0.3) is 5.76 Å². The van der Waals surface area contributed by atoms with Crippen LogP contribution in [-0.2, 0) is 9.59 Å². The van der Waals surface area contributed by atoms with Crippen LogP contribution in [0.1, 0.15) is 23.1 Å². The van der Waals surface area contributed by atoms with Crippen molar-refractivity contribution in [1.82, 2.24) is 4.90 Å². The van der Waals surface area contributed by atoms with Crippen molar-refractivity contribution in [2.24, 2.45) is 0 Å². The molecule has 1 fully saturated rings. The zero-order chi connectivity index (χ0) is 19.7. The molecule has 2 heterocycles. The van der Waals surface area contributed by atoms with Crippen LogP contribution in [0.5, 0.6) is 0 Å². The molecule has 2 N–H and O–H groups in total. The Morgan fingerprint density at radius 1 is 1.19 bits per heavy atom. The van der Waals surface area contributed by atoms with Crippen molar-refractivity contribution < 1.29 is 24.0 Å². The molecule has 1 saturated heterocycles. The van der Waals surface area contributed by atoms with Gasteiger partial charge in [0.1, 0.15) is 23.3 Å². The van der Waals surface area contributed by atoms with E-state index in [2.05, 4.69) is 0 Å². The average molecular weight is 390 g/mol. The maximum Gasteiger partial charge on any atom is 0.295 e. The number of rotatable bonds is 5. The van der Waals surface area contributed by atoms with Gasteiger partial charge in [0.05, 0.1) is 32.8 Å². The van der Waals surface area contributed by atoms with Crippen LogP contribution < -0.4 is 4.90 Å². The molecule has 7 heteroatoms. The Kier molecular flexibility index (Phi) is 5.39. The van der Waals surface area contributed by atoms with E-state index >= 15 is 0 Å². The number of carbonyl (C=O) groups is 2. The highest BCUT2D eigenvalue weighted by molar-refractivity contribution is 6.46. The number of carbonyl (C=O) groups excluding carboxylic acids is 2. The Morgan fingerprint density at radius 3 is 2.41 bits per heavy atom. The molecule has 0 saturated carbocycles. The topological polar surface area (TPSA) is 75.2 Å².